The molecule has 1 amide bonds. The van der Waals surface area contributed by atoms with E-state index in [0.717, 1.165) is 0 Å². The Labute approximate surface area is 111 Å². The van der Waals surface area contributed by atoms with Crippen molar-refractivity contribution in [3.8, 4) is 0 Å². The number of halogens is 3. The summed E-state index contributed by atoms with van der Waals surface area (Å²) < 4.78 is 37.8. The summed E-state index contributed by atoms with van der Waals surface area (Å²) in [6.07, 6.45) is -0.818. The van der Waals surface area contributed by atoms with Crippen LogP contribution in [0.2, 0.25) is 0 Å². The number of hydrogen-bond donors (Lipinski definition) is 2. The second kappa shape index (κ2) is 5.27. The molecule has 0 saturated heterocycles. The molecule has 0 spiro atoms. The molecule has 0 aliphatic carbocycles. The summed E-state index contributed by atoms with van der Waals surface area (Å²) in [5.74, 6) is -0.386. The minimum absolute atomic E-state index is 0.204. The smallest absolute Gasteiger partial charge is 0.318 e. The van der Waals surface area contributed by atoms with Crippen LogP contribution in [0, 0.1) is 0 Å². The van der Waals surface area contributed by atoms with E-state index >= 15 is 0 Å². The lowest BCUT2D eigenvalue weighted by molar-refractivity contribution is -0.137. The minimum Gasteiger partial charge on any atom is -0.318 e. The summed E-state index contributed by atoms with van der Waals surface area (Å²) in [4.78, 5) is 19.6. The number of nitrogens with zero attached hydrogens (tertiary/aromatic N) is 3. The molecule has 2 heterocycles. The third kappa shape index (κ3) is 2.92. The summed E-state index contributed by atoms with van der Waals surface area (Å²) in [6, 6.07) is 0. The Morgan fingerprint density at radius 3 is 2.50 bits per heavy atom. The van der Waals surface area contributed by atoms with E-state index in [1.165, 1.54) is 12.4 Å². The van der Waals surface area contributed by atoms with Crippen LogP contribution in [0.5, 0.6) is 0 Å². The van der Waals surface area contributed by atoms with E-state index in [0.29, 0.717) is 18.4 Å². The lowest BCUT2D eigenvalue weighted by Gasteiger charge is -2.07. The Morgan fingerprint density at radius 2 is 1.95 bits per heavy atom. The lowest BCUT2D eigenvalue weighted by Crippen LogP contribution is -2.18. The van der Waals surface area contributed by atoms with Crippen molar-refractivity contribution in [1.82, 2.24) is 20.2 Å². The van der Waals surface area contributed by atoms with Gasteiger partial charge in [-0.1, -0.05) is 6.92 Å². The van der Waals surface area contributed by atoms with Gasteiger partial charge in [-0.25, -0.2) is 9.97 Å². The quantitative estimate of drug-likeness (QED) is 0.903. The van der Waals surface area contributed by atoms with E-state index in [4.69, 9.17) is 0 Å². The number of aromatic nitrogens is 4. The summed E-state index contributed by atoms with van der Waals surface area (Å²) in [5, 5.41) is 7.55. The fourth-order valence-corrected chi connectivity index (χ4v) is 1.47. The third-order valence-corrected chi connectivity index (χ3v) is 2.45. The molecule has 0 saturated carbocycles. The number of hydrogen-bond acceptors (Lipinski definition) is 4. The van der Waals surface area contributed by atoms with Gasteiger partial charge >= 0.3 is 6.18 Å². The van der Waals surface area contributed by atoms with Gasteiger partial charge in [-0.15, -0.1) is 0 Å². The predicted molar refractivity (Wildman–Crippen MR) is 63.0 cm³/mol. The number of H-pyrrole nitrogens is 1. The first-order chi connectivity index (χ1) is 9.41. The molecule has 0 unspecified atom stereocenters. The van der Waals surface area contributed by atoms with Crippen molar-refractivity contribution in [3.05, 3.63) is 35.7 Å². The molecule has 2 aromatic heterocycles. The van der Waals surface area contributed by atoms with Crippen molar-refractivity contribution < 1.29 is 18.0 Å². The second-order valence-electron chi connectivity index (χ2n) is 3.85. The maximum atomic E-state index is 12.6. The Kier molecular flexibility index (Phi) is 3.68. The highest BCUT2D eigenvalue weighted by atomic mass is 19.4. The number of aromatic amines is 1. The SMILES string of the molecule is CCc1ncc(NC(=O)c2[nH]ncc2C(F)(F)F)cn1. The molecule has 9 heteroatoms. The molecular formula is C11H10F3N5O. The number of amides is 1. The van der Waals surface area contributed by atoms with Crippen molar-refractivity contribution in [2.45, 2.75) is 19.5 Å². The summed E-state index contributed by atoms with van der Waals surface area (Å²) >= 11 is 0. The first-order valence-corrected chi connectivity index (χ1v) is 5.64. The van der Waals surface area contributed by atoms with Gasteiger partial charge in [-0.2, -0.15) is 18.3 Å². The molecule has 2 N–H and O–H groups in total. The Hall–Kier alpha value is -2.45. The zero-order valence-electron chi connectivity index (χ0n) is 10.3. The van der Waals surface area contributed by atoms with Gasteiger partial charge in [-0.05, 0) is 0 Å². The summed E-state index contributed by atoms with van der Waals surface area (Å²) in [6.45, 7) is 1.85. The van der Waals surface area contributed by atoms with Gasteiger partial charge in [0.1, 0.15) is 17.1 Å². The largest absolute Gasteiger partial charge is 0.420 e. The van der Waals surface area contributed by atoms with Gasteiger partial charge in [0.15, 0.2) is 0 Å². The van der Waals surface area contributed by atoms with Crippen molar-refractivity contribution in [2.24, 2.45) is 0 Å². The number of nitrogens with one attached hydrogen (secondary N) is 2. The van der Waals surface area contributed by atoms with Crippen LogP contribution in [0.25, 0.3) is 0 Å². The number of carbonyl (C=O) groups excluding carboxylic acids is 1. The van der Waals surface area contributed by atoms with E-state index < -0.39 is 23.3 Å². The van der Waals surface area contributed by atoms with Gasteiger partial charge in [0.05, 0.1) is 24.3 Å². The van der Waals surface area contributed by atoms with E-state index in [-0.39, 0.29) is 5.69 Å². The van der Waals surface area contributed by atoms with Crippen molar-refractivity contribution in [2.75, 3.05) is 5.32 Å². The number of alkyl halides is 3. The van der Waals surface area contributed by atoms with Crippen LogP contribution >= 0.6 is 0 Å². The molecule has 2 aromatic rings. The molecule has 0 bridgehead atoms. The zero-order valence-corrected chi connectivity index (χ0v) is 10.3. The normalized spacial score (nSPS) is 11.4. The van der Waals surface area contributed by atoms with Crippen LogP contribution in [-0.2, 0) is 12.6 Å². The van der Waals surface area contributed by atoms with Crippen molar-refractivity contribution in [3.63, 3.8) is 0 Å². The molecule has 106 valence electrons. The number of carbonyl (C=O) groups is 1. The summed E-state index contributed by atoms with van der Waals surface area (Å²) in [7, 11) is 0. The minimum atomic E-state index is -4.65. The van der Waals surface area contributed by atoms with E-state index in [1.54, 1.807) is 0 Å². The molecule has 0 atom stereocenters. The Balaban J connectivity index is 2.18. The molecule has 6 nitrogen and oxygen atoms in total. The number of anilines is 1. The fourth-order valence-electron chi connectivity index (χ4n) is 1.47. The highest BCUT2D eigenvalue weighted by Gasteiger charge is 2.37. The monoisotopic (exact) mass is 285 g/mol. The second-order valence-corrected chi connectivity index (χ2v) is 3.85. The van der Waals surface area contributed by atoms with Crippen LogP contribution < -0.4 is 5.32 Å². The summed E-state index contributed by atoms with van der Waals surface area (Å²) in [5.41, 5.74) is -1.58. The van der Waals surface area contributed by atoms with Crippen molar-refractivity contribution in [1.29, 1.82) is 0 Å². The highest BCUT2D eigenvalue weighted by molar-refractivity contribution is 6.03. The highest BCUT2D eigenvalue weighted by Crippen LogP contribution is 2.31. The number of aryl methyl sites for hydroxylation is 1. The van der Waals surface area contributed by atoms with Gasteiger partial charge < -0.3 is 5.32 Å². The molecule has 0 aliphatic heterocycles. The first-order valence-electron chi connectivity index (χ1n) is 5.64. The maximum absolute atomic E-state index is 12.6. The molecule has 0 aliphatic rings. The standard InChI is InChI=1S/C11H10F3N5O/c1-2-8-15-3-6(4-16-8)18-10(20)9-7(5-17-19-9)11(12,13)14/h3-5H,2H2,1H3,(H,17,19)(H,18,20). The Morgan fingerprint density at radius 1 is 1.30 bits per heavy atom. The molecule has 2 rings (SSSR count). The first kappa shape index (κ1) is 14.0. The number of rotatable bonds is 3. The van der Waals surface area contributed by atoms with Crippen LogP contribution in [-0.4, -0.2) is 26.1 Å². The van der Waals surface area contributed by atoms with Crippen molar-refractivity contribution >= 4 is 11.6 Å². The average molecular weight is 285 g/mol. The van der Waals surface area contributed by atoms with E-state index in [1.807, 2.05) is 12.0 Å². The topological polar surface area (TPSA) is 83.6 Å². The molecule has 0 radical (unpaired) electrons. The van der Waals surface area contributed by atoms with Gasteiger partial charge in [0.2, 0.25) is 0 Å². The van der Waals surface area contributed by atoms with E-state index in [9.17, 15) is 18.0 Å². The van der Waals surface area contributed by atoms with Gasteiger partial charge in [0, 0.05) is 6.42 Å². The molecule has 0 aromatic carbocycles. The van der Waals surface area contributed by atoms with Gasteiger partial charge in [-0.3, -0.25) is 9.89 Å². The molecular weight excluding hydrogens is 275 g/mol. The third-order valence-electron chi connectivity index (χ3n) is 2.45. The zero-order chi connectivity index (χ0) is 14.8. The molecule has 0 fully saturated rings. The van der Waals surface area contributed by atoms with E-state index in [2.05, 4.69) is 20.4 Å². The van der Waals surface area contributed by atoms with Crippen LogP contribution in [0.1, 0.15) is 28.8 Å². The van der Waals surface area contributed by atoms with Gasteiger partial charge in [0.25, 0.3) is 5.91 Å². The van der Waals surface area contributed by atoms with Crippen LogP contribution in [0.4, 0.5) is 18.9 Å². The van der Waals surface area contributed by atoms with Crippen LogP contribution in [0.15, 0.2) is 18.6 Å². The fraction of sp³-hybridized carbons (Fsp3) is 0.273. The maximum Gasteiger partial charge on any atom is 0.420 e. The molecule has 20 heavy (non-hydrogen) atoms. The average Bonchev–Trinajstić information content (AvgIpc) is 2.89. The van der Waals surface area contributed by atoms with Crippen LogP contribution in [0.3, 0.4) is 0 Å². The predicted octanol–water partition coefficient (Wildman–Crippen LogP) is 2.03. The Bertz CT molecular complexity index is 605. The lowest BCUT2D eigenvalue weighted by atomic mass is 10.2.